The number of hydrogen-bond acceptors (Lipinski definition) is 4. The Morgan fingerprint density at radius 2 is 1.92 bits per heavy atom. The summed E-state index contributed by atoms with van der Waals surface area (Å²) in [6.07, 6.45) is 13.5. The van der Waals surface area contributed by atoms with Crippen LogP contribution >= 0.6 is 0 Å². The molecule has 0 saturated heterocycles. The van der Waals surface area contributed by atoms with Crippen molar-refractivity contribution < 1.29 is 9.53 Å². The SMILES string of the molecule is CCCCCCCc1cccc(N2C=C(OC(=O)CCCC)N=CC2)c1. The molecule has 0 amide bonds. The fourth-order valence-corrected chi connectivity index (χ4v) is 2.98. The number of aryl methyl sites for hydroxylation is 1. The molecule has 26 heavy (non-hydrogen) atoms. The van der Waals surface area contributed by atoms with Crippen LogP contribution in [0.4, 0.5) is 5.69 Å². The molecule has 0 unspecified atom stereocenters. The Morgan fingerprint density at radius 3 is 2.73 bits per heavy atom. The molecule has 0 atom stereocenters. The van der Waals surface area contributed by atoms with Crippen LogP contribution in [0.2, 0.25) is 0 Å². The number of ether oxygens (including phenoxy) is 1. The summed E-state index contributed by atoms with van der Waals surface area (Å²) in [5.41, 5.74) is 2.47. The van der Waals surface area contributed by atoms with Crippen molar-refractivity contribution in [1.82, 2.24) is 0 Å². The molecule has 1 aliphatic heterocycles. The number of aliphatic imine (C=N–C) groups is 1. The maximum Gasteiger partial charge on any atom is 0.312 e. The van der Waals surface area contributed by atoms with E-state index in [1.165, 1.54) is 37.7 Å². The van der Waals surface area contributed by atoms with E-state index < -0.39 is 0 Å². The fraction of sp³-hybridized carbons (Fsp3) is 0.545. The van der Waals surface area contributed by atoms with E-state index in [1.54, 1.807) is 6.21 Å². The van der Waals surface area contributed by atoms with E-state index in [2.05, 4.69) is 48.0 Å². The van der Waals surface area contributed by atoms with Crippen molar-refractivity contribution >= 4 is 17.9 Å². The summed E-state index contributed by atoms with van der Waals surface area (Å²) in [6, 6.07) is 8.61. The summed E-state index contributed by atoms with van der Waals surface area (Å²) in [5.74, 6) is 0.167. The largest absolute Gasteiger partial charge is 0.406 e. The smallest absolute Gasteiger partial charge is 0.312 e. The molecule has 0 bridgehead atoms. The Bertz CT molecular complexity index is 622. The second kappa shape index (κ2) is 11.5. The van der Waals surface area contributed by atoms with E-state index in [4.69, 9.17) is 4.74 Å². The molecule has 0 fully saturated rings. The first-order valence-corrected chi connectivity index (χ1v) is 10.0. The average molecular weight is 357 g/mol. The lowest BCUT2D eigenvalue weighted by Crippen LogP contribution is -2.23. The Balaban J connectivity index is 1.91. The highest BCUT2D eigenvalue weighted by Crippen LogP contribution is 2.21. The summed E-state index contributed by atoms with van der Waals surface area (Å²) in [6.45, 7) is 4.99. The third-order valence-electron chi connectivity index (χ3n) is 4.53. The number of anilines is 1. The zero-order valence-electron chi connectivity index (χ0n) is 16.2. The minimum Gasteiger partial charge on any atom is -0.406 e. The summed E-state index contributed by atoms with van der Waals surface area (Å²) >= 11 is 0. The molecule has 0 radical (unpaired) electrons. The molecular weight excluding hydrogens is 324 g/mol. The lowest BCUT2D eigenvalue weighted by atomic mass is 10.0. The van der Waals surface area contributed by atoms with Crippen molar-refractivity contribution in [3.8, 4) is 0 Å². The number of rotatable bonds is 11. The molecule has 0 spiro atoms. The van der Waals surface area contributed by atoms with Gasteiger partial charge >= 0.3 is 5.97 Å². The number of carbonyl (C=O) groups excluding carboxylic acids is 1. The molecule has 0 aliphatic carbocycles. The molecule has 4 heteroatoms. The third kappa shape index (κ3) is 7.03. The average Bonchev–Trinajstić information content (AvgIpc) is 2.67. The number of benzene rings is 1. The fourth-order valence-electron chi connectivity index (χ4n) is 2.98. The second-order valence-corrected chi connectivity index (χ2v) is 6.84. The first-order chi connectivity index (χ1) is 12.7. The van der Waals surface area contributed by atoms with Crippen LogP contribution in [0.5, 0.6) is 0 Å². The van der Waals surface area contributed by atoms with Crippen molar-refractivity contribution in [3.05, 3.63) is 41.9 Å². The van der Waals surface area contributed by atoms with Crippen molar-refractivity contribution in [2.45, 2.75) is 71.6 Å². The van der Waals surface area contributed by atoms with Crippen molar-refractivity contribution in [1.29, 1.82) is 0 Å². The van der Waals surface area contributed by atoms with Gasteiger partial charge in [0, 0.05) is 18.3 Å². The number of nitrogens with zero attached hydrogens (tertiary/aromatic N) is 2. The number of esters is 1. The predicted molar refractivity (Wildman–Crippen MR) is 108 cm³/mol. The van der Waals surface area contributed by atoms with Gasteiger partial charge in [0.05, 0.1) is 12.7 Å². The van der Waals surface area contributed by atoms with Gasteiger partial charge in [0.1, 0.15) is 0 Å². The van der Waals surface area contributed by atoms with Crippen LogP contribution < -0.4 is 4.90 Å². The number of carbonyl (C=O) groups is 1. The van der Waals surface area contributed by atoms with Gasteiger partial charge in [-0.3, -0.25) is 4.79 Å². The van der Waals surface area contributed by atoms with Crippen LogP contribution in [0, 0.1) is 0 Å². The first-order valence-electron chi connectivity index (χ1n) is 10.0. The van der Waals surface area contributed by atoms with E-state index in [9.17, 15) is 4.79 Å². The van der Waals surface area contributed by atoms with E-state index in [1.807, 2.05) is 6.20 Å². The quantitative estimate of drug-likeness (QED) is 0.381. The highest BCUT2D eigenvalue weighted by Gasteiger charge is 2.13. The zero-order chi connectivity index (χ0) is 18.6. The Morgan fingerprint density at radius 1 is 1.12 bits per heavy atom. The lowest BCUT2D eigenvalue weighted by molar-refractivity contribution is -0.139. The lowest BCUT2D eigenvalue weighted by Gasteiger charge is -2.22. The molecule has 1 aliphatic rings. The van der Waals surface area contributed by atoms with E-state index in [-0.39, 0.29) is 5.97 Å². The van der Waals surface area contributed by atoms with Gasteiger partial charge in [-0.15, -0.1) is 0 Å². The van der Waals surface area contributed by atoms with E-state index >= 15 is 0 Å². The highest BCUT2D eigenvalue weighted by molar-refractivity contribution is 5.74. The van der Waals surface area contributed by atoms with Gasteiger partial charge in [-0.1, -0.05) is 58.1 Å². The van der Waals surface area contributed by atoms with E-state index in [0.717, 1.165) is 24.9 Å². The Labute approximate surface area is 158 Å². The van der Waals surface area contributed by atoms with Gasteiger partial charge in [0.15, 0.2) is 0 Å². The Kier molecular flexibility index (Phi) is 8.94. The number of hydrogen-bond donors (Lipinski definition) is 0. The van der Waals surface area contributed by atoms with Crippen LogP contribution in [0.1, 0.15) is 70.8 Å². The monoisotopic (exact) mass is 356 g/mol. The molecule has 0 aromatic heterocycles. The molecule has 2 rings (SSSR count). The van der Waals surface area contributed by atoms with Crippen molar-refractivity contribution in [2.24, 2.45) is 4.99 Å². The molecule has 1 aromatic rings. The first kappa shape index (κ1) is 20.2. The number of unbranched alkanes of at least 4 members (excludes halogenated alkanes) is 5. The molecule has 142 valence electrons. The Hall–Kier alpha value is -2.10. The molecule has 1 heterocycles. The maximum absolute atomic E-state index is 11.8. The molecule has 4 nitrogen and oxygen atoms in total. The van der Waals surface area contributed by atoms with Gasteiger partial charge < -0.3 is 9.64 Å². The van der Waals surface area contributed by atoms with Gasteiger partial charge in [-0.25, -0.2) is 4.99 Å². The van der Waals surface area contributed by atoms with Gasteiger partial charge in [-0.05, 0) is 37.0 Å². The minimum absolute atomic E-state index is 0.210. The predicted octanol–water partition coefficient (Wildman–Crippen LogP) is 5.62. The molecule has 0 saturated carbocycles. The van der Waals surface area contributed by atoms with Crippen molar-refractivity contribution in [2.75, 3.05) is 11.4 Å². The van der Waals surface area contributed by atoms with E-state index in [0.29, 0.717) is 18.8 Å². The molecule has 1 aromatic carbocycles. The van der Waals surface area contributed by atoms with Crippen LogP contribution in [-0.4, -0.2) is 18.7 Å². The third-order valence-corrected chi connectivity index (χ3v) is 4.53. The van der Waals surface area contributed by atoms with Gasteiger partial charge in [-0.2, -0.15) is 0 Å². The summed E-state index contributed by atoms with van der Waals surface area (Å²) in [5, 5.41) is 0. The standard InChI is InChI=1S/C22H32N2O2/c1-3-5-7-8-9-11-19-12-10-13-20(17-19)24-16-15-23-21(18-24)26-22(25)14-6-4-2/h10,12-13,15,17-18H,3-9,11,14,16H2,1-2H3. The highest BCUT2D eigenvalue weighted by atomic mass is 16.5. The summed E-state index contributed by atoms with van der Waals surface area (Å²) < 4.78 is 5.36. The van der Waals surface area contributed by atoms with Gasteiger partial charge in [0.25, 0.3) is 0 Å². The van der Waals surface area contributed by atoms with Crippen molar-refractivity contribution in [3.63, 3.8) is 0 Å². The van der Waals surface area contributed by atoms with Crippen LogP contribution in [0.15, 0.2) is 41.3 Å². The van der Waals surface area contributed by atoms with Crippen LogP contribution in [-0.2, 0) is 16.0 Å². The summed E-state index contributed by atoms with van der Waals surface area (Å²) in [4.78, 5) is 18.1. The topological polar surface area (TPSA) is 41.9 Å². The minimum atomic E-state index is -0.210. The zero-order valence-corrected chi connectivity index (χ0v) is 16.2. The molecular formula is C22H32N2O2. The summed E-state index contributed by atoms with van der Waals surface area (Å²) in [7, 11) is 0. The van der Waals surface area contributed by atoms with Gasteiger partial charge in [0.2, 0.25) is 5.88 Å². The maximum atomic E-state index is 11.8. The molecule has 0 N–H and O–H groups in total. The van der Waals surface area contributed by atoms with Crippen LogP contribution in [0.3, 0.4) is 0 Å². The second-order valence-electron chi connectivity index (χ2n) is 6.84. The van der Waals surface area contributed by atoms with Crippen LogP contribution in [0.25, 0.3) is 0 Å². The normalized spacial score (nSPS) is 13.6.